The average molecular weight is 310 g/mol. The number of amides is 1. The van der Waals surface area contributed by atoms with E-state index in [9.17, 15) is 9.59 Å². The SMILES string of the molecule is CCc1ccsc1C(=O)Nc1ccc(Cl)c(C(=O)O)c1. The number of thiophene rings is 1. The molecular formula is C14H12ClNO3S. The van der Waals surface area contributed by atoms with Crippen LogP contribution in [0.3, 0.4) is 0 Å². The first-order valence-electron chi connectivity index (χ1n) is 5.93. The monoisotopic (exact) mass is 309 g/mol. The molecule has 0 fully saturated rings. The summed E-state index contributed by atoms with van der Waals surface area (Å²) in [6.45, 7) is 1.98. The summed E-state index contributed by atoms with van der Waals surface area (Å²) < 4.78 is 0. The Labute approximate surface area is 125 Å². The summed E-state index contributed by atoms with van der Waals surface area (Å²) in [5.74, 6) is -1.37. The first-order chi connectivity index (χ1) is 9.52. The first kappa shape index (κ1) is 14.6. The molecule has 2 aromatic rings. The lowest BCUT2D eigenvalue weighted by Crippen LogP contribution is -2.12. The summed E-state index contributed by atoms with van der Waals surface area (Å²) in [5, 5.41) is 13.7. The molecule has 0 aliphatic heterocycles. The second kappa shape index (κ2) is 6.07. The van der Waals surface area contributed by atoms with E-state index >= 15 is 0 Å². The Bertz CT molecular complexity index is 666. The number of halogens is 1. The fourth-order valence-corrected chi connectivity index (χ4v) is 2.86. The number of aryl methyl sites for hydroxylation is 1. The van der Waals surface area contributed by atoms with Crippen LogP contribution in [0.4, 0.5) is 5.69 Å². The maximum Gasteiger partial charge on any atom is 0.337 e. The Kier molecular flexibility index (Phi) is 4.42. The van der Waals surface area contributed by atoms with Gasteiger partial charge in [-0.05, 0) is 41.6 Å². The van der Waals surface area contributed by atoms with Crippen LogP contribution in [0.1, 0.15) is 32.5 Å². The number of aromatic carboxylic acids is 1. The smallest absolute Gasteiger partial charge is 0.337 e. The number of carboxylic acid groups (broad SMARTS) is 1. The van der Waals surface area contributed by atoms with Crippen LogP contribution in [0.25, 0.3) is 0 Å². The third kappa shape index (κ3) is 3.00. The lowest BCUT2D eigenvalue weighted by atomic mass is 10.2. The van der Waals surface area contributed by atoms with Gasteiger partial charge in [0.15, 0.2) is 0 Å². The molecule has 0 unspecified atom stereocenters. The molecule has 0 aliphatic rings. The van der Waals surface area contributed by atoms with E-state index in [1.54, 1.807) is 6.07 Å². The van der Waals surface area contributed by atoms with E-state index in [2.05, 4.69) is 5.32 Å². The van der Waals surface area contributed by atoms with Gasteiger partial charge in [0.05, 0.1) is 15.5 Å². The molecule has 0 aliphatic carbocycles. The van der Waals surface area contributed by atoms with Crippen molar-refractivity contribution < 1.29 is 14.7 Å². The predicted octanol–water partition coefficient (Wildman–Crippen LogP) is 3.91. The number of anilines is 1. The molecule has 104 valence electrons. The van der Waals surface area contributed by atoms with Gasteiger partial charge in [-0.15, -0.1) is 11.3 Å². The zero-order chi connectivity index (χ0) is 14.7. The van der Waals surface area contributed by atoms with Gasteiger partial charge in [0.25, 0.3) is 5.91 Å². The van der Waals surface area contributed by atoms with Gasteiger partial charge in [0, 0.05) is 5.69 Å². The molecule has 1 aromatic heterocycles. The van der Waals surface area contributed by atoms with E-state index in [0.29, 0.717) is 10.6 Å². The fraction of sp³-hybridized carbons (Fsp3) is 0.143. The number of rotatable bonds is 4. The predicted molar refractivity (Wildman–Crippen MR) is 80.1 cm³/mol. The number of carboxylic acids is 1. The summed E-state index contributed by atoms with van der Waals surface area (Å²) >= 11 is 7.14. The van der Waals surface area contributed by atoms with Crippen molar-refractivity contribution in [2.24, 2.45) is 0 Å². The van der Waals surface area contributed by atoms with E-state index < -0.39 is 5.97 Å². The number of nitrogens with one attached hydrogen (secondary N) is 1. The van der Waals surface area contributed by atoms with Crippen molar-refractivity contribution in [2.45, 2.75) is 13.3 Å². The van der Waals surface area contributed by atoms with E-state index in [4.69, 9.17) is 16.7 Å². The molecular weight excluding hydrogens is 298 g/mol. The first-order valence-corrected chi connectivity index (χ1v) is 7.19. The Morgan fingerprint density at radius 2 is 2.10 bits per heavy atom. The third-order valence-corrected chi connectivity index (χ3v) is 4.07. The van der Waals surface area contributed by atoms with Crippen LogP contribution in [-0.4, -0.2) is 17.0 Å². The standard InChI is InChI=1S/C14H12ClNO3S/c1-2-8-5-6-20-12(8)13(17)16-9-3-4-11(15)10(7-9)14(18)19/h3-7H,2H2,1H3,(H,16,17)(H,18,19). The Morgan fingerprint density at radius 1 is 1.35 bits per heavy atom. The summed E-state index contributed by atoms with van der Waals surface area (Å²) in [5.41, 5.74) is 1.35. The molecule has 0 saturated carbocycles. The third-order valence-electron chi connectivity index (χ3n) is 2.79. The topological polar surface area (TPSA) is 66.4 Å². The van der Waals surface area contributed by atoms with Gasteiger partial charge in [-0.3, -0.25) is 4.79 Å². The number of hydrogen-bond acceptors (Lipinski definition) is 3. The van der Waals surface area contributed by atoms with E-state index in [1.807, 2.05) is 18.4 Å². The summed E-state index contributed by atoms with van der Waals surface area (Å²) in [6.07, 6.45) is 0.771. The second-order valence-corrected chi connectivity index (χ2v) is 5.41. The van der Waals surface area contributed by atoms with Gasteiger partial charge in [-0.1, -0.05) is 18.5 Å². The molecule has 4 nitrogen and oxygen atoms in total. The molecule has 20 heavy (non-hydrogen) atoms. The Hall–Kier alpha value is -1.85. The molecule has 2 N–H and O–H groups in total. The van der Waals surface area contributed by atoms with Crippen molar-refractivity contribution in [1.82, 2.24) is 0 Å². The zero-order valence-corrected chi connectivity index (χ0v) is 12.2. The molecule has 1 heterocycles. The van der Waals surface area contributed by atoms with Crippen molar-refractivity contribution in [3.8, 4) is 0 Å². The lowest BCUT2D eigenvalue weighted by Gasteiger charge is -2.07. The highest BCUT2D eigenvalue weighted by Gasteiger charge is 2.14. The van der Waals surface area contributed by atoms with Crippen LogP contribution in [0.5, 0.6) is 0 Å². The van der Waals surface area contributed by atoms with Gasteiger partial charge in [-0.2, -0.15) is 0 Å². The normalized spacial score (nSPS) is 10.3. The largest absolute Gasteiger partial charge is 0.478 e. The Balaban J connectivity index is 2.24. The molecule has 1 aromatic carbocycles. The van der Waals surface area contributed by atoms with E-state index in [1.165, 1.54) is 23.5 Å². The summed E-state index contributed by atoms with van der Waals surface area (Å²) in [4.78, 5) is 23.8. The molecule has 0 bridgehead atoms. The minimum atomic E-state index is -1.13. The highest BCUT2D eigenvalue weighted by molar-refractivity contribution is 7.12. The van der Waals surface area contributed by atoms with Gasteiger partial charge in [0.2, 0.25) is 0 Å². The molecule has 0 saturated heterocycles. The van der Waals surface area contributed by atoms with Gasteiger partial charge < -0.3 is 10.4 Å². The van der Waals surface area contributed by atoms with Crippen LogP contribution < -0.4 is 5.32 Å². The molecule has 0 atom stereocenters. The molecule has 0 radical (unpaired) electrons. The summed E-state index contributed by atoms with van der Waals surface area (Å²) in [7, 11) is 0. The van der Waals surface area contributed by atoms with Gasteiger partial charge in [0.1, 0.15) is 0 Å². The lowest BCUT2D eigenvalue weighted by molar-refractivity contribution is 0.0696. The zero-order valence-electron chi connectivity index (χ0n) is 10.6. The van der Waals surface area contributed by atoms with E-state index in [-0.39, 0.29) is 16.5 Å². The van der Waals surface area contributed by atoms with Crippen LogP contribution in [0.2, 0.25) is 5.02 Å². The second-order valence-electron chi connectivity index (χ2n) is 4.08. The maximum atomic E-state index is 12.1. The average Bonchev–Trinajstić information content (AvgIpc) is 2.89. The maximum absolute atomic E-state index is 12.1. The quantitative estimate of drug-likeness (QED) is 0.899. The van der Waals surface area contributed by atoms with Crippen molar-refractivity contribution >= 4 is 40.5 Å². The van der Waals surface area contributed by atoms with Crippen molar-refractivity contribution in [1.29, 1.82) is 0 Å². The van der Waals surface area contributed by atoms with Crippen molar-refractivity contribution in [3.05, 3.63) is 50.7 Å². The number of carbonyl (C=O) groups excluding carboxylic acids is 1. The van der Waals surface area contributed by atoms with Crippen LogP contribution in [0.15, 0.2) is 29.6 Å². The fourth-order valence-electron chi connectivity index (χ4n) is 1.77. The van der Waals surface area contributed by atoms with Crippen molar-refractivity contribution in [2.75, 3.05) is 5.32 Å². The van der Waals surface area contributed by atoms with Crippen LogP contribution in [-0.2, 0) is 6.42 Å². The number of carbonyl (C=O) groups is 2. The molecule has 1 amide bonds. The van der Waals surface area contributed by atoms with Gasteiger partial charge >= 0.3 is 5.97 Å². The minimum Gasteiger partial charge on any atom is -0.478 e. The molecule has 2 rings (SSSR count). The van der Waals surface area contributed by atoms with Crippen molar-refractivity contribution in [3.63, 3.8) is 0 Å². The Morgan fingerprint density at radius 3 is 2.75 bits per heavy atom. The number of hydrogen-bond donors (Lipinski definition) is 2. The highest BCUT2D eigenvalue weighted by Crippen LogP contribution is 2.23. The minimum absolute atomic E-state index is 0.0358. The molecule has 0 spiro atoms. The highest BCUT2D eigenvalue weighted by atomic mass is 35.5. The van der Waals surface area contributed by atoms with Gasteiger partial charge in [-0.25, -0.2) is 4.79 Å². The van der Waals surface area contributed by atoms with E-state index in [0.717, 1.165) is 12.0 Å². The summed E-state index contributed by atoms with van der Waals surface area (Å²) in [6, 6.07) is 6.29. The molecule has 6 heteroatoms. The van der Waals surface area contributed by atoms with Crippen LogP contribution >= 0.6 is 22.9 Å². The number of benzene rings is 1. The van der Waals surface area contributed by atoms with Crippen LogP contribution in [0, 0.1) is 0 Å².